The summed E-state index contributed by atoms with van der Waals surface area (Å²) in [5, 5.41) is 0.228. The molecule has 0 bridgehead atoms. The number of halogens is 2. The van der Waals surface area contributed by atoms with Gasteiger partial charge in [-0.3, -0.25) is 25.2 Å². The molecule has 11 heteroatoms. The molecule has 0 aromatic heterocycles. The van der Waals surface area contributed by atoms with Gasteiger partial charge in [0.2, 0.25) is 0 Å². The summed E-state index contributed by atoms with van der Waals surface area (Å²) in [5.74, 6) is -0.832. The second-order valence-corrected chi connectivity index (χ2v) is 8.84. The highest BCUT2D eigenvalue weighted by Crippen LogP contribution is 2.25. The van der Waals surface area contributed by atoms with Crippen LogP contribution in [0.5, 0.6) is 5.75 Å². The number of amides is 2. The molecule has 0 aliphatic rings. The summed E-state index contributed by atoms with van der Waals surface area (Å²) in [4.78, 5) is 24.5. The number of anilines is 1. The molecule has 32 heavy (non-hydrogen) atoms. The molecular weight excluding hydrogens is 477 g/mol. The van der Waals surface area contributed by atoms with Crippen LogP contribution in [0.2, 0.25) is 10.0 Å². The Balaban J connectivity index is 1.70. The Labute approximate surface area is 194 Å². The fraction of sp³-hybridized carbons (Fsp3) is 0.0476. The molecule has 0 saturated heterocycles. The number of hydrogen-bond acceptors (Lipinski definition) is 5. The van der Waals surface area contributed by atoms with Crippen LogP contribution in [0.15, 0.2) is 71.6 Å². The first-order chi connectivity index (χ1) is 15.2. The molecule has 0 heterocycles. The van der Waals surface area contributed by atoms with Gasteiger partial charge in [0.15, 0.2) is 0 Å². The van der Waals surface area contributed by atoms with E-state index in [0.717, 1.165) is 0 Å². The van der Waals surface area contributed by atoms with Gasteiger partial charge < -0.3 is 4.74 Å². The van der Waals surface area contributed by atoms with E-state index in [1.54, 1.807) is 24.3 Å². The van der Waals surface area contributed by atoms with Crippen molar-refractivity contribution in [1.82, 2.24) is 10.9 Å². The average Bonchev–Trinajstić information content (AvgIpc) is 2.79. The minimum Gasteiger partial charge on any atom is -0.497 e. The predicted octanol–water partition coefficient (Wildman–Crippen LogP) is 3.88. The van der Waals surface area contributed by atoms with Gasteiger partial charge in [-0.1, -0.05) is 35.3 Å². The Kier molecular flexibility index (Phi) is 7.24. The molecule has 8 nitrogen and oxygen atoms in total. The topological polar surface area (TPSA) is 114 Å². The fourth-order valence-corrected chi connectivity index (χ4v) is 4.10. The van der Waals surface area contributed by atoms with Gasteiger partial charge in [-0.05, 0) is 54.6 Å². The van der Waals surface area contributed by atoms with Gasteiger partial charge in [-0.2, -0.15) is 0 Å². The number of hydrogen-bond donors (Lipinski definition) is 3. The zero-order valence-electron chi connectivity index (χ0n) is 16.6. The van der Waals surface area contributed by atoms with E-state index in [0.29, 0.717) is 11.4 Å². The highest BCUT2D eigenvalue weighted by Gasteiger charge is 2.18. The SMILES string of the molecule is COc1ccc(NS(=O)(=O)c2cccc(C(=O)NNC(=O)c3cccc(Cl)c3Cl)c2)cc1. The van der Waals surface area contributed by atoms with Crippen LogP contribution in [0, 0.1) is 0 Å². The first-order valence-corrected chi connectivity index (χ1v) is 11.3. The van der Waals surface area contributed by atoms with E-state index in [1.807, 2.05) is 0 Å². The first-order valence-electron chi connectivity index (χ1n) is 9.03. The largest absolute Gasteiger partial charge is 0.497 e. The molecular formula is C21H17Cl2N3O5S. The number of methoxy groups -OCH3 is 1. The van der Waals surface area contributed by atoms with Crippen LogP contribution in [0.25, 0.3) is 0 Å². The van der Waals surface area contributed by atoms with Gasteiger partial charge in [0.1, 0.15) is 5.75 Å². The smallest absolute Gasteiger partial charge is 0.271 e. The maximum atomic E-state index is 12.7. The van der Waals surface area contributed by atoms with Gasteiger partial charge in [0.25, 0.3) is 21.8 Å². The van der Waals surface area contributed by atoms with Crippen LogP contribution < -0.4 is 20.3 Å². The van der Waals surface area contributed by atoms with Gasteiger partial charge in [0.05, 0.1) is 27.6 Å². The van der Waals surface area contributed by atoms with E-state index in [4.69, 9.17) is 27.9 Å². The minimum atomic E-state index is -3.96. The average molecular weight is 494 g/mol. The molecule has 0 saturated carbocycles. The predicted molar refractivity (Wildman–Crippen MR) is 122 cm³/mol. The van der Waals surface area contributed by atoms with E-state index in [2.05, 4.69) is 15.6 Å². The van der Waals surface area contributed by atoms with Gasteiger partial charge in [-0.25, -0.2) is 8.42 Å². The van der Waals surface area contributed by atoms with Crippen LogP contribution in [-0.2, 0) is 10.0 Å². The molecule has 0 fully saturated rings. The molecule has 0 spiro atoms. The van der Waals surface area contributed by atoms with Crippen LogP contribution in [0.1, 0.15) is 20.7 Å². The molecule has 0 aliphatic heterocycles. The second kappa shape index (κ2) is 9.90. The van der Waals surface area contributed by atoms with Crippen molar-refractivity contribution in [3.63, 3.8) is 0 Å². The molecule has 0 atom stereocenters. The number of rotatable bonds is 6. The normalized spacial score (nSPS) is 10.8. The summed E-state index contributed by atoms with van der Waals surface area (Å²) < 4.78 is 32.8. The van der Waals surface area contributed by atoms with Crippen molar-refractivity contribution in [1.29, 1.82) is 0 Å². The molecule has 0 radical (unpaired) electrons. The standard InChI is InChI=1S/C21H17Cl2N3O5S/c1-31-15-10-8-14(9-11-15)26-32(29,30)16-5-2-4-13(12-16)20(27)24-25-21(28)17-6-3-7-18(22)19(17)23/h2-12,26H,1H3,(H,24,27)(H,25,28). The van der Waals surface area contributed by atoms with E-state index < -0.39 is 21.8 Å². The molecule has 3 rings (SSSR count). The summed E-state index contributed by atoms with van der Waals surface area (Å²) >= 11 is 11.9. The zero-order chi connectivity index (χ0) is 23.3. The molecule has 3 aromatic rings. The quantitative estimate of drug-likeness (QED) is 0.451. The van der Waals surface area contributed by atoms with Crippen molar-refractivity contribution < 1.29 is 22.7 Å². The lowest BCUT2D eigenvalue weighted by Crippen LogP contribution is -2.41. The van der Waals surface area contributed by atoms with Crippen molar-refractivity contribution in [2.45, 2.75) is 4.90 Å². The van der Waals surface area contributed by atoms with Gasteiger partial charge in [0, 0.05) is 11.3 Å². The Bertz CT molecular complexity index is 1260. The highest BCUT2D eigenvalue weighted by atomic mass is 35.5. The van der Waals surface area contributed by atoms with Crippen molar-refractivity contribution >= 4 is 50.7 Å². The fourth-order valence-electron chi connectivity index (χ4n) is 2.61. The number of carbonyl (C=O) groups excluding carboxylic acids is 2. The highest BCUT2D eigenvalue weighted by molar-refractivity contribution is 7.92. The Morgan fingerprint density at radius 1 is 0.875 bits per heavy atom. The number of hydrazine groups is 1. The maximum Gasteiger partial charge on any atom is 0.271 e. The van der Waals surface area contributed by atoms with Crippen LogP contribution in [-0.4, -0.2) is 27.3 Å². The second-order valence-electron chi connectivity index (χ2n) is 6.37. The number of ether oxygens (including phenoxy) is 1. The van der Waals surface area contributed by atoms with Crippen LogP contribution in [0.4, 0.5) is 5.69 Å². The molecule has 3 aromatic carbocycles. The van der Waals surface area contributed by atoms with Crippen LogP contribution >= 0.6 is 23.2 Å². The van der Waals surface area contributed by atoms with Crippen molar-refractivity contribution in [3.8, 4) is 5.75 Å². The Morgan fingerprint density at radius 2 is 1.53 bits per heavy atom. The Hall–Kier alpha value is -3.27. The maximum absolute atomic E-state index is 12.7. The third-order valence-corrected chi connectivity index (χ3v) is 6.43. The van der Waals surface area contributed by atoms with Gasteiger partial charge >= 0.3 is 0 Å². The molecule has 0 unspecified atom stereocenters. The molecule has 0 aliphatic carbocycles. The molecule has 166 valence electrons. The van der Waals surface area contributed by atoms with E-state index in [1.165, 1.54) is 49.6 Å². The molecule has 2 amide bonds. The van der Waals surface area contributed by atoms with Crippen molar-refractivity contribution in [2.24, 2.45) is 0 Å². The third kappa shape index (κ3) is 5.50. The van der Waals surface area contributed by atoms with Gasteiger partial charge in [-0.15, -0.1) is 0 Å². The summed E-state index contributed by atoms with van der Waals surface area (Å²) in [6.07, 6.45) is 0. The van der Waals surface area contributed by atoms with E-state index in [9.17, 15) is 18.0 Å². The lowest BCUT2D eigenvalue weighted by molar-refractivity contribution is 0.0846. The van der Waals surface area contributed by atoms with Crippen molar-refractivity contribution in [2.75, 3.05) is 11.8 Å². The first kappa shape index (κ1) is 23.4. The number of carbonyl (C=O) groups is 2. The monoisotopic (exact) mass is 493 g/mol. The minimum absolute atomic E-state index is 0.0140. The lowest BCUT2D eigenvalue weighted by atomic mass is 10.2. The van der Waals surface area contributed by atoms with E-state index >= 15 is 0 Å². The summed E-state index contributed by atoms with van der Waals surface area (Å²) in [5.41, 5.74) is 4.84. The summed E-state index contributed by atoms with van der Waals surface area (Å²) in [6.45, 7) is 0. The summed E-state index contributed by atoms with van der Waals surface area (Å²) in [6, 6.07) is 16.1. The lowest BCUT2D eigenvalue weighted by Gasteiger charge is -2.11. The Morgan fingerprint density at radius 3 is 2.22 bits per heavy atom. The van der Waals surface area contributed by atoms with Crippen molar-refractivity contribution in [3.05, 3.63) is 87.9 Å². The van der Waals surface area contributed by atoms with E-state index in [-0.39, 0.29) is 26.1 Å². The zero-order valence-corrected chi connectivity index (χ0v) is 18.9. The third-order valence-electron chi connectivity index (χ3n) is 4.23. The molecule has 3 N–H and O–H groups in total. The number of nitrogens with one attached hydrogen (secondary N) is 3. The van der Waals surface area contributed by atoms with Crippen LogP contribution in [0.3, 0.4) is 0 Å². The summed E-state index contributed by atoms with van der Waals surface area (Å²) in [7, 11) is -2.46. The number of sulfonamides is 1. The number of benzene rings is 3.